The molecule has 0 aromatic heterocycles. The molecule has 0 radical (unpaired) electrons. The number of halogens is 3. The fraction of sp³-hybridized carbons (Fsp3) is 0.300. The molecule has 0 spiro atoms. The van der Waals surface area contributed by atoms with Crippen LogP contribution >= 0.6 is 54.5 Å². The van der Waals surface area contributed by atoms with Gasteiger partial charge in [0.1, 0.15) is 5.78 Å². The zero-order valence-corrected chi connectivity index (χ0v) is 12.9. The van der Waals surface area contributed by atoms with Crippen LogP contribution in [0.4, 0.5) is 0 Å². The number of carbonyl (C=O) groups excluding carboxylic acids is 1. The predicted molar refractivity (Wildman–Crippen MR) is 74.0 cm³/mol. The van der Waals surface area contributed by atoms with Gasteiger partial charge in [0, 0.05) is 8.04 Å². The molecule has 0 amide bonds. The summed E-state index contributed by atoms with van der Waals surface area (Å²) in [7, 11) is 0. The molecule has 0 aliphatic rings. The summed E-state index contributed by atoms with van der Waals surface area (Å²) in [5.41, 5.74) is 1.18. The Morgan fingerprint density at radius 3 is 2.71 bits per heavy atom. The van der Waals surface area contributed by atoms with Crippen LogP contribution in [-0.2, 0) is 11.2 Å². The van der Waals surface area contributed by atoms with Crippen LogP contribution in [0.15, 0.2) is 22.7 Å². The van der Waals surface area contributed by atoms with Crippen LogP contribution in [0.1, 0.15) is 12.5 Å². The van der Waals surface area contributed by atoms with Crippen molar-refractivity contribution < 1.29 is 4.79 Å². The molecule has 0 aliphatic heterocycles. The number of Topliss-reactive ketones (excluding diaryl/α,β-unsaturated/α-hetero) is 1. The van der Waals surface area contributed by atoms with Gasteiger partial charge in [0.15, 0.2) is 0 Å². The van der Waals surface area contributed by atoms with E-state index in [4.69, 9.17) is 0 Å². The molecule has 1 unspecified atom stereocenters. The molecule has 1 nitrogen and oxygen atoms in total. The average molecular weight is 432 g/mol. The fourth-order valence-electron chi connectivity index (χ4n) is 1.02. The third-order valence-electron chi connectivity index (χ3n) is 1.84. The third kappa shape index (κ3) is 3.62. The summed E-state index contributed by atoms with van der Waals surface area (Å²) in [6.45, 7) is 1.60. The van der Waals surface area contributed by atoms with Gasteiger partial charge in [0.2, 0.25) is 0 Å². The molecule has 0 saturated carbocycles. The highest BCUT2D eigenvalue weighted by Crippen LogP contribution is 2.21. The van der Waals surface area contributed by atoms with Crippen LogP contribution in [0, 0.1) is 3.57 Å². The van der Waals surface area contributed by atoms with Crippen molar-refractivity contribution in [3.8, 4) is 0 Å². The second kappa shape index (κ2) is 5.61. The maximum atomic E-state index is 11.0. The van der Waals surface area contributed by atoms with Crippen molar-refractivity contribution in [1.82, 2.24) is 0 Å². The molecule has 0 aliphatic carbocycles. The highest BCUT2D eigenvalue weighted by molar-refractivity contribution is 14.1. The van der Waals surface area contributed by atoms with E-state index in [1.54, 1.807) is 6.92 Å². The summed E-state index contributed by atoms with van der Waals surface area (Å²) in [5.74, 6) is 0.169. The molecule has 1 aromatic rings. The van der Waals surface area contributed by atoms with Gasteiger partial charge in [-0.3, -0.25) is 4.79 Å². The summed E-state index contributed by atoms with van der Waals surface area (Å²) in [6, 6.07) is 6.13. The van der Waals surface area contributed by atoms with Crippen LogP contribution in [0.25, 0.3) is 0 Å². The zero-order valence-electron chi connectivity index (χ0n) is 7.56. The van der Waals surface area contributed by atoms with Gasteiger partial charge in [-0.1, -0.05) is 22.0 Å². The van der Waals surface area contributed by atoms with Crippen molar-refractivity contribution in [3.63, 3.8) is 0 Å². The van der Waals surface area contributed by atoms with E-state index in [9.17, 15) is 4.79 Å². The number of carbonyl (C=O) groups is 1. The first kappa shape index (κ1) is 12.6. The number of ketones is 1. The number of alkyl halides is 1. The minimum Gasteiger partial charge on any atom is -0.299 e. The smallest absolute Gasteiger partial charge is 0.143 e. The Kier molecular flexibility index (Phi) is 5.06. The number of hydrogen-bond acceptors (Lipinski definition) is 1. The molecular weight excluding hydrogens is 423 g/mol. The van der Waals surface area contributed by atoms with Gasteiger partial charge >= 0.3 is 0 Å². The Bertz CT molecular complexity index is 352. The predicted octanol–water partition coefficient (Wildman–Crippen LogP) is 3.95. The van der Waals surface area contributed by atoms with E-state index in [2.05, 4.69) is 60.5 Å². The van der Waals surface area contributed by atoms with E-state index in [0.29, 0.717) is 0 Å². The van der Waals surface area contributed by atoms with Crippen LogP contribution in [0.5, 0.6) is 0 Å². The average Bonchev–Trinajstić information content (AvgIpc) is 2.11. The lowest BCUT2D eigenvalue weighted by atomic mass is 10.1. The van der Waals surface area contributed by atoms with E-state index in [1.165, 1.54) is 9.13 Å². The van der Waals surface area contributed by atoms with Gasteiger partial charge in [-0.25, -0.2) is 0 Å². The Balaban J connectivity index is 2.78. The molecule has 1 aromatic carbocycles. The summed E-state index contributed by atoms with van der Waals surface area (Å²) in [4.78, 5) is 11.0. The van der Waals surface area contributed by atoms with E-state index in [1.807, 2.05) is 12.1 Å². The number of hydrogen-bond donors (Lipinski definition) is 0. The minimum absolute atomic E-state index is 0.0699. The van der Waals surface area contributed by atoms with E-state index >= 15 is 0 Å². The van der Waals surface area contributed by atoms with Gasteiger partial charge in [0.25, 0.3) is 0 Å². The second-order valence-corrected chi connectivity index (χ2v) is 6.15. The first-order valence-electron chi connectivity index (χ1n) is 4.09. The van der Waals surface area contributed by atoms with Gasteiger partial charge in [-0.05, 0) is 69.6 Å². The fourth-order valence-corrected chi connectivity index (χ4v) is 2.22. The Morgan fingerprint density at radius 2 is 2.21 bits per heavy atom. The van der Waals surface area contributed by atoms with Crippen molar-refractivity contribution in [1.29, 1.82) is 0 Å². The SMILES string of the molecule is CC(=O)C(Br)Cc1ccc(Br)c(I)c1. The molecule has 4 heteroatoms. The first-order chi connectivity index (χ1) is 6.50. The Labute approximate surface area is 114 Å². The van der Waals surface area contributed by atoms with Crippen molar-refractivity contribution in [2.75, 3.05) is 0 Å². The lowest BCUT2D eigenvalue weighted by molar-refractivity contribution is -0.116. The molecule has 0 saturated heterocycles. The largest absolute Gasteiger partial charge is 0.299 e. The zero-order chi connectivity index (χ0) is 10.7. The van der Waals surface area contributed by atoms with Crippen LogP contribution in [-0.4, -0.2) is 10.6 Å². The van der Waals surface area contributed by atoms with Gasteiger partial charge in [-0.15, -0.1) is 0 Å². The van der Waals surface area contributed by atoms with Crippen molar-refractivity contribution >= 4 is 60.2 Å². The van der Waals surface area contributed by atoms with E-state index in [0.717, 1.165) is 10.9 Å². The number of rotatable bonds is 3. The molecular formula is C10H9Br2IO. The molecule has 0 fully saturated rings. The molecule has 76 valence electrons. The minimum atomic E-state index is -0.0699. The van der Waals surface area contributed by atoms with Crippen LogP contribution < -0.4 is 0 Å². The molecule has 0 N–H and O–H groups in total. The normalized spacial score (nSPS) is 12.6. The van der Waals surface area contributed by atoms with Crippen LogP contribution in [0.3, 0.4) is 0 Å². The van der Waals surface area contributed by atoms with Crippen molar-refractivity contribution in [2.45, 2.75) is 18.2 Å². The highest BCUT2D eigenvalue weighted by Gasteiger charge is 2.10. The molecule has 0 heterocycles. The highest BCUT2D eigenvalue weighted by atomic mass is 127. The lowest BCUT2D eigenvalue weighted by Crippen LogP contribution is -2.12. The summed E-state index contributed by atoms with van der Waals surface area (Å²) in [5, 5.41) is 0. The number of benzene rings is 1. The molecule has 1 atom stereocenters. The maximum Gasteiger partial charge on any atom is 0.143 e. The third-order valence-corrected chi connectivity index (χ3v) is 5.13. The van der Waals surface area contributed by atoms with Crippen molar-refractivity contribution in [3.05, 3.63) is 31.8 Å². The van der Waals surface area contributed by atoms with Gasteiger partial charge < -0.3 is 0 Å². The molecule has 1 rings (SSSR count). The summed E-state index contributed by atoms with van der Waals surface area (Å²) in [6.07, 6.45) is 0.749. The second-order valence-electron chi connectivity index (χ2n) is 3.03. The van der Waals surface area contributed by atoms with Crippen LogP contribution in [0.2, 0.25) is 0 Å². The quantitative estimate of drug-likeness (QED) is 0.523. The Morgan fingerprint density at radius 1 is 1.57 bits per heavy atom. The standard InChI is InChI=1S/C10H9Br2IO/c1-6(14)9(12)4-7-2-3-8(11)10(13)5-7/h2-3,5,9H,4H2,1H3. The Hall–Kier alpha value is 0.580. The van der Waals surface area contributed by atoms with E-state index in [-0.39, 0.29) is 10.6 Å². The first-order valence-corrected chi connectivity index (χ1v) is 6.88. The lowest BCUT2D eigenvalue weighted by Gasteiger charge is -2.06. The van der Waals surface area contributed by atoms with E-state index < -0.39 is 0 Å². The molecule has 14 heavy (non-hydrogen) atoms. The van der Waals surface area contributed by atoms with Crippen molar-refractivity contribution in [2.24, 2.45) is 0 Å². The summed E-state index contributed by atoms with van der Waals surface area (Å²) >= 11 is 9.06. The van der Waals surface area contributed by atoms with Gasteiger partial charge in [0.05, 0.1) is 4.83 Å². The summed E-state index contributed by atoms with van der Waals surface area (Å²) < 4.78 is 2.26. The maximum absolute atomic E-state index is 11.0. The molecule has 0 bridgehead atoms. The van der Waals surface area contributed by atoms with Gasteiger partial charge in [-0.2, -0.15) is 0 Å². The topological polar surface area (TPSA) is 17.1 Å². The monoisotopic (exact) mass is 430 g/mol.